The Bertz CT molecular complexity index is 205. The van der Waals surface area contributed by atoms with E-state index in [-0.39, 0.29) is 118 Å². The summed E-state index contributed by atoms with van der Waals surface area (Å²) >= 11 is 0. The third-order valence-electron chi connectivity index (χ3n) is 1.19. The Morgan fingerprint density at radius 2 is 1.00 bits per heavy atom. The number of hydrogen-bond donors (Lipinski definition) is 3. The Morgan fingerprint density at radius 3 is 1.12 bits per heavy atom. The van der Waals surface area contributed by atoms with Crippen molar-refractivity contribution in [3.8, 4) is 0 Å². The molecule has 0 radical (unpaired) electrons. The van der Waals surface area contributed by atoms with Gasteiger partial charge < -0.3 is 15.3 Å². The van der Waals surface area contributed by atoms with Crippen molar-refractivity contribution in [3.05, 3.63) is 0 Å². The first-order valence-electron chi connectivity index (χ1n) is 3.10. The zero-order valence-corrected chi connectivity index (χ0v) is 6.06. The first-order valence-corrected chi connectivity index (χ1v) is 3.10. The van der Waals surface area contributed by atoms with E-state index in [1.807, 2.05) is 0 Å². The van der Waals surface area contributed by atoms with Crippen molar-refractivity contribution >= 4 is 136 Å². The molecule has 76 valence electrons. The minimum atomic E-state index is -1.40. The molecule has 0 aromatic carbocycles. The van der Waals surface area contributed by atoms with E-state index in [2.05, 4.69) is 0 Å². The van der Waals surface area contributed by atoms with Crippen LogP contribution in [0.3, 0.4) is 0 Å². The van der Waals surface area contributed by atoms with E-state index < -0.39 is 36.7 Å². The van der Waals surface area contributed by atoms with E-state index in [1.54, 1.807) is 0 Å². The summed E-state index contributed by atoms with van der Waals surface area (Å²) in [5.41, 5.74) is 0. The van der Waals surface area contributed by atoms with Crippen molar-refractivity contribution in [2.24, 2.45) is 5.92 Å². The number of rotatable bonds is 5. The van der Waals surface area contributed by atoms with Crippen LogP contribution in [0.4, 0.5) is 0 Å². The Morgan fingerprint density at radius 1 is 0.750 bits per heavy atom. The van der Waals surface area contributed by atoms with Crippen LogP contribution in [-0.4, -0.2) is 151 Å². The van der Waals surface area contributed by atoms with E-state index in [0.29, 0.717) is 0 Å². The van der Waals surface area contributed by atoms with Crippen LogP contribution in [0.15, 0.2) is 0 Å². The predicted octanol–water partition coefficient (Wildman–Crippen LogP) is -2.96. The molecule has 0 rings (SSSR count). The molecule has 0 fully saturated rings. The van der Waals surface area contributed by atoms with Gasteiger partial charge in [0, 0.05) is 0 Å². The molecule has 0 aromatic rings. The molecule has 0 aromatic heterocycles. The predicted molar refractivity (Wildman–Crippen MR) is 64.2 cm³/mol. The van der Waals surface area contributed by atoms with Gasteiger partial charge in [-0.25, -0.2) is 0 Å². The molecular weight excluding hydrogens is 260 g/mol. The number of aliphatic carboxylic acids is 3. The Hall–Kier alpha value is 2.41. The van der Waals surface area contributed by atoms with Crippen LogP contribution in [-0.2, 0) is 14.4 Å². The van der Waals surface area contributed by atoms with Gasteiger partial charge in [-0.05, 0) is 0 Å². The quantitative estimate of drug-likeness (QED) is 0.461. The second kappa shape index (κ2) is 17.4. The summed E-state index contributed by atoms with van der Waals surface area (Å²) in [5.74, 6) is -5.38. The fourth-order valence-electron chi connectivity index (χ4n) is 0.668. The molecule has 0 spiro atoms. The van der Waals surface area contributed by atoms with Gasteiger partial charge in [0.15, 0.2) is 0 Å². The van der Waals surface area contributed by atoms with Crippen LogP contribution in [0.25, 0.3) is 0 Å². The van der Waals surface area contributed by atoms with E-state index >= 15 is 0 Å². The van der Waals surface area contributed by atoms with Crippen LogP contribution in [0.1, 0.15) is 12.8 Å². The third kappa shape index (κ3) is 18.8. The molecule has 16 heavy (non-hydrogen) atoms. The first kappa shape index (κ1) is 31.0. The van der Waals surface area contributed by atoms with E-state index in [4.69, 9.17) is 15.3 Å². The van der Waals surface area contributed by atoms with Crippen molar-refractivity contribution < 1.29 is 29.7 Å². The Kier molecular flexibility index (Phi) is 33.8. The third-order valence-corrected chi connectivity index (χ3v) is 1.19. The van der Waals surface area contributed by atoms with Crippen molar-refractivity contribution in [2.45, 2.75) is 12.8 Å². The monoisotopic (exact) mass is 272 g/mol. The number of carboxylic acid groups (broad SMARTS) is 3. The number of carboxylic acids is 3. The van der Waals surface area contributed by atoms with Gasteiger partial charge >= 0.3 is 136 Å². The summed E-state index contributed by atoms with van der Waals surface area (Å²) < 4.78 is 0. The topological polar surface area (TPSA) is 112 Å². The molecule has 0 saturated carbocycles. The van der Waals surface area contributed by atoms with Gasteiger partial charge in [-0.15, -0.1) is 0 Å². The maximum absolute atomic E-state index is 10.2. The van der Waals surface area contributed by atoms with E-state index in [0.717, 1.165) is 0 Å². The van der Waals surface area contributed by atoms with Crippen LogP contribution in [0, 0.1) is 5.92 Å². The molecular formula is C6H12Na4O6. The van der Waals surface area contributed by atoms with Crippen molar-refractivity contribution in [1.82, 2.24) is 0 Å². The zero-order valence-electron chi connectivity index (χ0n) is 6.06. The summed E-state index contributed by atoms with van der Waals surface area (Å²) in [6.07, 6.45) is -1.33. The molecule has 0 aliphatic carbocycles. The van der Waals surface area contributed by atoms with Gasteiger partial charge in [-0.1, -0.05) is 0 Å². The van der Waals surface area contributed by atoms with Crippen LogP contribution >= 0.6 is 0 Å². The molecule has 0 unspecified atom stereocenters. The summed E-state index contributed by atoms with van der Waals surface area (Å²) in [6, 6.07) is 0. The van der Waals surface area contributed by atoms with E-state index in [9.17, 15) is 14.4 Å². The van der Waals surface area contributed by atoms with Crippen LogP contribution in [0.2, 0.25) is 0 Å². The molecule has 3 N–H and O–H groups in total. The molecule has 6 nitrogen and oxygen atoms in total. The molecule has 0 heterocycles. The van der Waals surface area contributed by atoms with Gasteiger partial charge in [-0.3, -0.25) is 14.4 Å². The normalized spacial score (nSPS) is 7.31. The number of carbonyl (C=O) groups is 3. The molecule has 10 heteroatoms. The standard InChI is InChI=1S/C6H8O6.4Na.4H/c7-4(8)1-3(6(11)12)2-5(9)10;;;;;;;;/h3H,1-2H2,(H,7,8)(H,9,10)(H,11,12);;;;;;;;. The molecule has 0 amide bonds. The van der Waals surface area contributed by atoms with Crippen molar-refractivity contribution in [2.75, 3.05) is 0 Å². The molecule has 0 bridgehead atoms. The van der Waals surface area contributed by atoms with Gasteiger partial charge in [-0.2, -0.15) is 0 Å². The SMILES string of the molecule is O=C(O)CC(CC(=O)O)C(=O)O.[NaH].[NaH].[NaH].[NaH]. The average molecular weight is 272 g/mol. The van der Waals surface area contributed by atoms with Crippen molar-refractivity contribution in [3.63, 3.8) is 0 Å². The average Bonchev–Trinajstić information content (AvgIpc) is 1.83. The van der Waals surface area contributed by atoms with Gasteiger partial charge in [0.1, 0.15) is 0 Å². The fraction of sp³-hybridized carbons (Fsp3) is 0.500. The Balaban J connectivity index is -0.000000101. The van der Waals surface area contributed by atoms with Crippen LogP contribution < -0.4 is 0 Å². The molecule has 0 atom stereocenters. The number of hydrogen-bond acceptors (Lipinski definition) is 3. The van der Waals surface area contributed by atoms with Crippen LogP contribution in [0.5, 0.6) is 0 Å². The minimum absolute atomic E-state index is 0. The van der Waals surface area contributed by atoms with E-state index in [1.165, 1.54) is 0 Å². The fourth-order valence-corrected chi connectivity index (χ4v) is 0.668. The van der Waals surface area contributed by atoms with Gasteiger partial charge in [0.05, 0.1) is 18.8 Å². The Labute approximate surface area is 181 Å². The summed E-state index contributed by atoms with van der Waals surface area (Å²) in [4.78, 5) is 30.3. The maximum atomic E-state index is 10.2. The van der Waals surface area contributed by atoms with Gasteiger partial charge in [0.2, 0.25) is 0 Å². The molecule has 0 aliphatic heterocycles. The molecule has 0 aliphatic rings. The summed E-state index contributed by atoms with van der Waals surface area (Å²) in [5, 5.41) is 24.7. The van der Waals surface area contributed by atoms with Gasteiger partial charge in [0.25, 0.3) is 0 Å². The van der Waals surface area contributed by atoms with Crippen molar-refractivity contribution in [1.29, 1.82) is 0 Å². The zero-order chi connectivity index (χ0) is 9.72. The second-order valence-electron chi connectivity index (χ2n) is 2.23. The molecule has 0 saturated heterocycles. The summed E-state index contributed by atoms with van der Waals surface area (Å²) in [6.45, 7) is 0. The summed E-state index contributed by atoms with van der Waals surface area (Å²) in [7, 11) is 0. The first-order chi connectivity index (χ1) is 5.43. The second-order valence-corrected chi connectivity index (χ2v) is 2.23.